The second kappa shape index (κ2) is 12.0. The number of nitrogens with one attached hydrogen (secondary N) is 3. The van der Waals surface area contributed by atoms with E-state index in [2.05, 4.69) is 20.6 Å². The Morgan fingerprint density at radius 2 is 2.03 bits per heavy atom. The van der Waals surface area contributed by atoms with Crippen molar-refractivity contribution in [2.75, 3.05) is 32.7 Å². The van der Waals surface area contributed by atoms with E-state index in [0.29, 0.717) is 40.0 Å². The lowest BCUT2D eigenvalue weighted by Crippen LogP contribution is -2.28. The molecule has 1 heterocycles. The lowest BCUT2D eigenvalue weighted by molar-refractivity contribution is -0.119. The fourth-order valence-electron chi connectivity index (χ4n) is 3.06. The van der Waals surface area contributed by atoms with E-state index in [4.69, 9.17) is 26.4 Å². The highest BCUT2D eigenvalue weighted by Crippen LogP contribution is 2.38. The van der Waals surface area contributed by atoms with E-state index >= 15 is 0 Å². The third-order valence-electron chi connectivity index (χ3n) is 5.01. The van der Waals surface area contributed by atoms with Gasteiger partial charge in [-0.05, 0) is 25.0 Å². The number of rotatable bonds is 12. The lowest BCUT2D eigenvalue weighted by Gasteiger charge is -2.16. The van der Waals surface area contributed by atoms with Gasteiger partial charge in [0.15, 0.2) is 5.75 Å². The molecule has 3 amide bonds. The standard InChI is InChI=1S/C23H27N7O5S/c1-34-9-8-27-22(33)16-11-28-23(36-16)13-4-3-5-14(19(13)35-2)29-15(18(25)20(26)31)10-17(24)30-21(32)12-6-7-12/h3-5,10-12,25,29H,6-9H2,1-2H3,(H2,26,31)(H,27,33)(H2,24,30,32)/b15-10+,25-18?. The smallest absolute Gasteiger partial charge is 0.268 e. The molecule has 7 N–H and O–H groups in total. The van der Waals surface area contributed by atoms with Gasteiger partial charge in [0.2, 0.25) is 0 Å². The number of hydrogen-bond donors (Lipinski definition) is 5. The summed E-state index contributed by atoms with van der Waals surface area (Å²) in [5, 5.41) is 14.3. The van der Waals surface area contributed by atoms with E-state index in [1.165, 1.54) is 30.7 Å². The van der Waals surface area contributed by atoms with Gasteiger partial charge >= 0.3 is 0 Å². The molecule has 36 heavy (non-hydrogen) atoms. The summed E-state index contributed by atoms with van der Waals surface area (Å²) >= 11 is 1.17. The fourth-order valence-corrected chi connectivity index (χ4v) is 3.91. The maximum Gasteiger partial charge on any atom is 0.268 e. The Kier molecular flexibility index (Phi) is 8.86. The molecule has 1 aliphatic carbocycles. The molecule has 190 valence electrons. The van der Waals surface area contributed by atoms with Crippen LogP contribution >= 0.6 is 11.3 Å². The lowest BCUT2D eigenvalue weighted by atomic mass is 10.1. The second-order valence-corrected chi connectivity index (χ2v) is 8.77. The highest BCUT2D eigenvalue weighted by Gasteiger charge is 2.29. The summed E-state index contributed by atoms with van der Waals surface area (Å²) in [6.07, 6.45) is 4.19. The first-order valence-electron chi connectivity index (χ1n) is 10.9. The first kappa shape index (κ1) is 26.5. The second-order valence-electron chi connectivity index (χ2n) is 7.74. The number of para-hydroxylation sites is 1. The van der Waals surface area contributed by atoms with Gasteiger partial charge in [-0.25, -0.2) is 4.98 Å². The Morgan fingerprint density at radius 1 is 1.28 bits per heavy atom. The summed E-state index contributed by atoms with van der Waals surface area (Å²) in [4.78, 5) is 44.6. The van der Waals surface area contributed by atoms with Crippen LogP contribution in [0.1, 0.15) is 22.5 Å². The molecule has 2 aromatic rings. The summed E-state index contributed by atoms with van der Waals surface area (Å²) < 4.78 is 10.5. The number of aromatic nitrogens is 1. The van der Waals surface area contributed by atoms with E-state index in [0.717, 1.165) is 12.8 Å². The maximum absolute atomic E-state index is 12.3. The first-order chi connectivity index (χ1) is 17.2. The van der Waals surface area contributed by atoms with Crippen molar-refractivity contribution >= 4 is 46.3 Å². The van der Waals surface area contributed by atoms with Gasteiger partial charge in [-0.2, -0.15) is 4.99 Å². The van der Waals surface area contributed by atoms with Crippen LogP contribution in [0.15, 0.2) is 41.2 Å². The molecule has 13 heteroatoms. The first-order valence-corrected chi connectivity index (χ1v) is 11.7. The third-order valence-corrected chi connectivity index (χ3v) is 6.04. The van der Waals surface area contributed by atoms with Crippen LogP contribution in [0.5, 0.6) is 5.75 Å². The maximum atomic E-state index is 12.3. The minimum atomic E-state index is -1.01. The van der Waals surface area contributed by atoms with Crippen molar-refractivity contribution in [2.45, 2.75) is 12.8 Å². The molecule has 1 aromatic heterocycles. The summed E-state index contributed by atoms with van der Waals surface area (Å²) in [7, 11) is 2.99. The normalized spacial score (nSPS) is 13.7. The van der Waals surface area contributed by atoms with Crippen LogP contribution in [0.4, 0.5) is 5.69 Å². The predicted octanol–water partition coefficient (Wildman–Crippen LogP) is 1.29. The number of ether oxygens (including phenoxy) is 2. The van der Waals surface area contributed by atoms with Gasteiger partial charge in [0, 0.05) is 25.6 Å². The number of anilines is 1. The van der Waals surface area contributed by atoms with E-state index in [1.54, 1.807) is 25.3 Å². The number of thiazole rings is 1. The molecule has 1 aromatic carbocycles. The fraction of sp³-hybridized carbons (Fsp3) is 0.304. The molecular formula is C23H27N7O5S. The topological polar surface area (TPSA) is 195 Å². The molecule has 0 unspecified atom stereocenters. The number of nitrogens with zero attached hydrogens (tertiary/aromatic N) is 2. The largest absolute Gasteiger partial charge is 0.494 e. The average Bonchev–Trinajstić information content (AvgIpc) is 3.59. The number of primary amides is 1. The Hall–Kier alpha value is -4.10. The number of aliphatic imine (C=N–C) groups is 1. The van der Waals surface area contributed by atoms with E-state index in [9.17, 15) is 14.4 Å². The number of amides is 3. The number of benzene rings is 1. The minimum Gasteiger partial charge on any atom is -0.494 e. The van der Waals surface area contributed by atoms with E-state index < -0.39 is 11.6 Å². The molecule has 0 aliphatic heterocycles. The number of amidine groups is 1. The van der Waals surface area contributed by atoms with Crippen LogP contribution in [0.2, 0.25) is 0 Å². The minimum absolute atomic E-state index is 0.0693. The monoisotopic (exact) mass is 513 g/mol. The van der Waals surface area contributed by atoms with Crippen molar-refractivity contribution < 1.29 is 23.9 Å². The van der Waals surface area contributed by atoms with Crippen LogP contribution in [0.25, 0.3) is 10.6 Å². The highest BCUT2D eigenvalue weighted by molar-refractivity contribution is 7.17. The summed E-state index contributed by atoms with van der Waals surface area (Å²) in [6.45, 7) is 0.754. The molecule has 1 aliphatic rings. The molecule has 0 radical (unpaired) electrons. The zero-order chi connectivity index (χ0) is 26.2. The predicted molar refractivity (Wildman–Crippen MR) is 136 cm³/mol. The zero-order valence-corrected chi connectivity index (χ0v) is 20.6. The van der Waals surface area contributed by atoms with Gasteiger partial charge in [0.25, 0.3) is 17.7 Å². The number of carbonyl (C=O) groups is 3. The molecule has 0 atom stereocenters. The number of carbonyl (C=O) groups excluding carboxylic acids is 3. The SMILES string of the molecule is COCCNC(=O)c1cnc(-c2cccc(N/C(=C/C(N)=NC(=O)C3CC3)C(=N)C(N)=O)c2OC)s1. The van der Waals surface area contributed by atoms with Crippen LogP contribution < -0.4 is 26.8 Å². The molecule has 12 nitrogen and oxygen atoms in total. The van der Waals surface area contributed by atoms with Crippen LogP contribution in [-0.2, 0) is 14.3 Å². The van der Waals surface area contributed by atoms with Crippen molar-refractivity contribution in [3.05, 3.63) is 41.0 Å². The van der Waals surface area contributed by atoms with Crippen molar-refractivity contribution in [2.24, 2.45) is 22.4 Å². The van der Waals surface area contributed by atoms with Gasteiger partial charge < -0.3 is 31.6 Å². The Bertz CT molecular complexity index is 1230. The van der Waals surface area contributed by atoms with Crippen molar-refractivity contribution in [1.29, 1.82) is 5.41 Å². The van der Waals surface area contributed by atoms with E-state index in [-0.39, 0.29) is 29.3 Å². The van der Waals surface area contributed by atoms with Crippen LogP contribution in [-0.4, -0.2) is 61.6 Å². The molecule has 1 saturated carbocycles. The van der Waals surface area contributed by atoms with E-state index in [1.807, 2.05) is 0 Å². The summed E-state index contributed by atoms with van der Waals surface area (Å²) in [5.41, 5.74) is 11.5. The average molecular weight is 514 g/mol. The Labute approximate surface area is 211 Å². The van der Waals surface area contributed by atoms with Crippen molar-refractivity contribution in [3.63, 3.8) is 0 Å². The number of nitrogens with two attached hydrogens (primary N) is 2. The van der Waals surface area contributed by atoms with Crippen molar-refractivity contribution in [3.8, 4) is 16.3 Å². The quantitative estimate of drug-likeness (QED) is 0.159. The number of hydrogen-bond acceptors (Lipinski definition) is 9. The van der Waals surface area contributed by atoms with Gasteiger partial charge in [-0.1, -0.05) is 6.07 Å². The molecule has 3 rings (SSSR count). The van der Waals surface area contributed by atoms with Gasteiger partial charge in [0.1, 0.15) is 21.4 Å². The third kappa shape index (κ3) is 6.73. The van der Waals surface area contributed by atoms with Crippen molar-refractivity contribution in [1.82, 2.24) is 10.3 Å². The van der Waals surface area contributed by atoms with Gasteiger partial charge in [-0.15, -0.1) is 11.3 Å². The van der Waals surface area contributed by atoms with Crippen LogP contribution in [0, 0.1) is 11.3 Å². The molecule has 0 saturated heterocycles. The number of methoxy groups -OCH3 is 2. The zero-order valence-electron chi connectivity index (χ0n) is 19.8. The molecule has 1 fully saturated rings. The molecule has 0 spiro atoms. The highest BCUT2D eigenvalue weighted by atomic mass is 32.1. The Balaban J connectivity index is 1.91. The summed E-state index contributed by atoms with van der Waals surface area (Å²) in [5.74, 6) is -1.59. The Morgan fingerprint density at radius 3 is 2.67 bits per heavy atom. The van der Waals surface area contributed by atoms with Gasteiger partial charge in [0.05, 0.1) is 36.9 Å². The van der Waals surface area contributed by atoms with Crippen LogP contribution in [0.3, 0.4) is 0 Å². The molecule has 0 bridgehead atoms. The summed E-state index contributed by atoms with van der Waals surface area (Å²) in [6, 6.07) is 5.11. The molecular weight excluding hydrogens is 486 g/mol. The van der Waals surface area contributed by atoms with Gasteiger partial charge in [-0.3, -0.25) is 19.8 Å².